The Morgan fingerprint density at radius 3 is 3.14 bits per heavy atom. The zero-order valence-corrected chi connectivity index (χ0v) is 7.69. The van der Waals surface area contributed by atoms with Crippen LogP contribution in [-0.2, 0) is 14.9 Å². The first-order chi connectivity index (χ1) is 6.74. The van der Waals surface area contributed by atoms with Crippen molar-refractivity contribution >= 4 is 5.97 Å². The van der Waals surface area contributed by atoms with Gasteiger partial charge < -0.3 is 9.15 Å². The van der Waals surface area contributed by atoms with E-state index in [4.69, 9.17) is 9.68 Å². The molecule has 4 nitrogen and oxygen atoms in total. The molecule has 1 saturated carbocycles. The summed E-state index contributed by atoms with van der Waals surface area (Å²) in [6.07, 6.45) is 1.99. The fourth-order valence-corrected chi connectivity index (χ4v) is 1.67. The van der Waals surface area contributed by atoms with Crippen LogP contribution in [0, 0.1) is 17.2 Å². The Hall–Kier alpha value is -1.76. The van der Waals surface area contributed by atoms with Crippen LogP contribution < -0.4 is 0 Å². The average Bonchev–Trinajstić information content (AvgIpc) is 2.71. The number of methoxy groups -OCH3 is 1. The quantitative estimate of drug-likeness (QED) is 0.659. The molecule has 1 heterocycles. The second-order valence-electron chi connectivity index (χ2n) is 3.34. The predicted molar refractivity (Wildman–Crippen MR) is 46.1 cm³/mol. The Morgan fingerprint density at radius 2 is 2.64 bits per heavy atom. The number of carbonyl (C=O) groups excluding carboxylic acids is 1. The lowest BCUT2D eigenvalue weighted by atomic mass is 10.0. The Balaban J connectivity index is 2.26. The summed E-state index contributed by atoms with van der Waals surface area (Å²) in [5.74, 6) is -0.165. The molecule has 0 amide bonds. The normalized spacial score (nSPS) is 29.3. The Labute approximate surface area is 81.1 Å². The molecular formula is C10H9NO3. The van der Waals surface area contributed by atoms with Crippen LogP contribution in [0.25, 0.3) is 0 Å². The van der Waals surface area contributed by atoms with E-state index in [1.165, 1.54) is 13.4 Å². The van der Waals surface area contributed by atoms with Crippen molar-refractivity contribution in [1.29, 1.82) is 5.26 Å². The minimum absolute atomic E-state index is 0.344. The van der Waals surface area contributed by atoms with Crippen LogP contribution in [-0.4, -0.2) is 13.1 Å². The van der Waals surface area contributed by atoms with Gasteiger partial charge in [-0.3, -0.25) is 4.79 Å². The molecule has 1 fully saturated rings. The van der Waals surface area contributed by atoms with Crippen molar-refractivity contribution < 1.29 is 13.9 Å². The summed E-state index contributed by atoms with van der Waals surface area (Å²) in [6, 6.07) is 5.55. The molecular weight excluding hydrogens is 182 g/mol. The topological polar surface area (TPSA) is 63.2 Å². The number of nitriles is 1. The first-order valence-electron chi connectivity index (χ1n) is 4.27. The van der Waals surface area contributed by atoms with Crippen LogP contribution in [0.3, 0.4) is 0 Å². The van der Waals surface area contributed by atoms with E-state index in [-0.39, 0.29) is 11.9 Å². The summed E-state index contributed by atoms with van der Waals surface area (Å²) >= 11 is 0. The van der Waals surface area contributed by atoms with E-state index >= 15 is 0 Å². The largest absolute Gasteiger partial charge is 0.469 e. The smallest absolute Gasteiger partial charge is 0.310 e. The predicted octanol–water partition coefficient (Wildman–Crippen LogP) is 1.23. The van der Waals surface area contributed by atoms with Crippen molar-refractivity contribution in [2.45, 2.75) is 11.8 Å². The average molecular weight is 191 g/mol. The molecule has 0 saturated heterocycles. The molecule has 1 aliphatic carbocycles. The maximum atomic E-state index is 11.2. The molecule has 4 heteroatoms. The van der Waals surface area contributed by atoms with E-state index in [0.29, 0.717) is 12.2 Å². The van der Waals surface area contributed by atoms with Gasteiger partial charge in [-0.15, -0.1) is 0 Å². The fourth-order valence-electron chi connectivity index (χ4n) is 1.67. The highest BCUT2D eigenvalue weighted by Gasteiger charge is 2.63. The first kappa shape index (κ1) is 8.82. The van der Waals surface area contributed by atoms with Gasteiger partial charge in [0.15, 0.2) is 0 Å². The molecule has 2 unspecified atom stereocenters. The summed E-state index contributed by atoms with van der Waals surface area (Å²) < 4.78 is 9.74. The summed E-state index contributed by atoms with van der Waals surface area (Å²) in [7, 11) is 1.32. The van der Waals surface area contributed by atoms with E-state index in [1.54, 1.807) is 12.1 Å². The maximum Gasteiger partial charge on any atom is 0.310 e. The standard InChI is InChI=1S/C10H9NO3/c1-13-9(12)7-5-10(7,6-11)8-3-2-4-14-8/h2-4,7H,5H2,1H3. The minimum atomic E-state index is -0.781. The number of nitrogens with zero attached hydrogens (tertiary/aromatic N) is 1. The molecule has 1 aliphatic rings. The zero-order chi connectivity index (χ0) is 10.2. The number of furan rings is 1. The third-order valence-corrected chi connectivity index (χ3v) is 2.61. The molecule has 0 radical (unpaired) electrons. The molecule has 14 heavy (non-hydrogen) atoms. The van der Waals surface area contributed by atoms with Crippen LogP contribution in [0.1, 0.15) is 12.2 Å². The van der Waals surface area contributed by atoms with Crippen molar-refractivity contribution in [2.24, 2.45) is 5.92 Å². The highest BCUT2D eigenvalue weighted by molar-refractivity contribution is 5.80. The van der Waals surface area contributed by atoms with Crippen molar-refractivity contribution in [1.82, 2.24) is 0 Å². The van der Waals surface area contributed by atoms with Crippen LogP contribution >= 0.6 is 0 Å². The molecule has 1 aromatic heterocycles. The van der Waals surface area contributed by atoms with Gasteiger partial charge in [-0.2, -0.15) is 5.26 Å². The van der Waals surface area contributed by atoms with Crippen LogP contribution in [0.2, 0.25) is 0 Å². The lowest BCUT2D eigenvalue weighted by molar-refractivity contribution is -0.142. The fraction of sp³-hybridized carbons (Fsp3) is 0.400. The number of esters is 1. The molecule has 0 N–H and O–H groups in total. The van der Waals surface area contributed by atoms with E-state index in [9.17, 15) is 4.79 Å². The third-order valence-electron chi connectivity index (χ3n) is 2.61. The monoisotopic (exact) mass is 191 g/mol. The molecule has 0 bridgehead atoms. The van der Waals surface area contributed by atoms with E-state index < -0.39 is 5.41 Å². The van der Waals surface area contributed by atoms with Gasteiger partial charge in [-0.05, 0) is 18.6 Å². The van der Waals surface area contributed by atoms with E-state index in [2.05, 4.69) is 10.8 Å². The molecule has 0 aliphatic heterocycles. The number of ether oxygens (including phenoxy) is 1. The van der Waals surface area contributed by atoms with Gasteiger partial charge in [0.2, 0.25) is 0 Å². The Kier molecular flexibility index (Phi) is 1.81. The van der Waals surface area contributed by atoms with Gasteiger partial charge in [0, 0.05) is 0 Å². The van der Waals surface area contributed by atoms with Gasteiger partial charge in [0.05, 0.1) is 25.4 Å². The van der Waals surface area contributed by atoms with E-state index in [1.807, 2.05) is 0 Å². The van der Waals surface area contributed by atoms with Crippen LogP contribution in [0.15, 0.2) is 22.8 Å². The Bertz CT molecular complexity index is 390. The van der Waals surface area contributed by atoms with Crippen molar-refractivity contribution in [3.8, 4) is 6.07 Å². The molecule has 0 spiro atoms. The lowest BCUT2D eigenvalue weighted by Crippen LogP contribution is -2.13. The van der Waals surface area contributed by atoms with Crippen molar-refractivity contribution in [3.05, 3.63) is 24.2 Å². The molecule has 1 aromatic rings. The maximum absolute atomic E-state index is 11.2. The zero-order valence-electron chi connectivity index (χ0n) is 7.69. The highest BCUT2D eigenvalue weighted by atomic mass is 16.5. The minimum Gasteiger partial charge on any atom is -0.469 e. The Morgan fingerprint density at radius 1 is 1.86 bits per heavy atom. The summed E-state index contributed by atoms with van der Waals surface area (Å²) in [4.78, 5) is 11.2. The summed E-state index contributed by atoms with van der Waals surface area (Å²) in [6.45, 7) is 0. The van der Waals surface area contributed by atoms with Gasteiger partial charge in [-0.25, -0.2) is 0 Å². The number of hydrogen-bond donors (Lipinski definition) is 0. The number of rotatable bonds is 2. The van der Waals surface area contributed by atoms with Gasteiger partial charge in [0.25, 0.3) is 0 Å². The third kappa shape index (κ3) is 1.02. The van der Waals surface area contributed by atoms with Gasteiger partial charge >= 0.3 is 5.97 Å². The van der Waals surface area contributed by atoms with Crippen LogP contribution in [0.4, 0.5) is 0 Å². The van der Waals surface area contributed by atoms with Gasteiger partial charge in [-0.1, -0.05) is 0 Å². The molecule has 72 valence electrons. The second kappa shape index (κ2) is 2.88. The summed E-state index contributed by atoms with van der Waals surface area (Å²) in [5, 5.41) is 9.03. The molecule has 2 rings (SSSR count). The molecule has 0 aromatic carbocycles. The second-order valence-corrected chi connectivity index (χ2v) is 3.34. The summed E-state index contributed by atoms with van der Waals surface area (Å²) in [5.41, 5.74) is -0.781. The van der Waals surface area contributed by atoms with Gasteiger partial charge in [0.1, 0.15) is 11.2 Å². The van der Waals surface area contributed by atoms with Crippen molar-refractivity contribution in [3.63, 3.8) is 0 Å². The number of carbonyl (C=O) groups is 1. The lowest BCUT2D eigenvalue weighted by Gasteiger charge is -2.02. The highest BCUT2D eigenvalue weighted by Crippen LogP contribution is 2.54. The molecule has 2 atom stereocenters. The van der Waals surface area contributed by atoms with E-state index in [0.717, 1.165) is 0 Å². The SMILES string of the molecule is COC(=O)C1CC1(C#N)c1ccco1. The number of hydrogen-bond acceptors (Lipinski definition) is 4. The van der Waals surface area contributed by atoms with Crippen LogP contribution in [0.5, 0.6) is 0 Å². The first-order valence-corrected chi connectivity index (χ1v) is 4.27. The van der Waals surface area contributed by atoms with Crippen molar-refractivity contribution in [2.75, 3.05) is 7.11 Å².